The summed E-state index contributed by atoms with van der Waals surface area (Å²) in [5, 5.41) is 2.88. The van der Waals surface area contributed by atoms with Crippen molar-refractivity contribution in [1.82, 2.24) is 4.90 Å². The Balaban J connectivity index is 1.56. The Morgan fingerprint density at radius 2 is 1.88 bits per heavy atom. The van der Waals surface area contributed by atoms with Gasteiger partial charge in [0.1, 0.15) is 17.9 Å². The lowest BCUT2D eigenvalue weighted by Crippen LogP contribution is -2.43. The number of para-hydroxylation sites is 2. The Kier molecular flexibility index (Phi) is 3.69. The van der Waals surface area contributed by atoms with Crippen molar-refractivity contribution >= 4 is 17.5 Å². The van der Waals surface area contributed by atoms with Crippen LogP contribution in [0.3, 0.4) is 0 Å². The second kappa shape index (κ2) is 6.00. The minimum Gasteiger partial charge on any atom is -0.486 e. The third-order valence-corrected chi connectivity index (χ3v) is 4.52. The number of nitrogens with zero attached hydrogens (tertiary/aromatic N) is 1. The van der Waals surface area contributed by atoms with Gasteiger partial charge in [-0.15, -0.1) is 0 Å². The fourth-order valence-corrected chi connectivity index (χ4v) is 3.35. The number of rotatable bonds is 2. The molecule has 2 aromatic rings. The van der Waals surface area contributed by atoms with E-state index in [1.807, 2.05) is 54.6 Å². The van der Waals surface area contributed by atoms with Crippen LogP contribution in [0.5, 0.6) is 5.75 Å². The van der Waals surface area contributed by atoms with Gasteiger partial charge in [-0.05, 0) is 17.7 Å². The van der Waals surface area contributed by atoms with E-state index in [1.54, 1.807) is 4.90 Å². The second-order valence-electron chi connectivity index (χ2n) is 6.19. The molecular formula is C19H18N2O3. The predicted octanol–water partition coefficient (Wildman–Crippen LogP) is 2.23. The van der Waals surface area contributed by atoms with Gasteiger partial charge in [0, 0.05) is 6.42 Å². The molecule has 4 rings (SSSR count). The molecule has 2 aliphatic rings. The molecule has 5 heteroatoms. The monoisotopic (exact) mass is 322 g/mol. The molecule has 0 spiro atoms. The average molecular weight is 322 g/mol. The third-order valence-electron chi connectivity index (χ3n) is 4.52. The maximum atomic E-state index is 12.7. The van der Waals surface area contributed by atoms with Crippen LogP contribution in [0.2, 0.25) is 0 Å². The molecule has 5 nitrogen and oxygen atoms in total. The zero-order chi connectivity index (χ0) is 16.5. The molecule has 2 heterocycles. The van der Waals surface area contributed by atoms with Gasteiger partial charge in [0.15, 0.2) is 0 Å². The summed E-state index contributed by atoms with van der Waals surface area (Å²) < 4.78 is 6.00. The lowest BCUT2D eigenvalue weighted by molar-refractivity contribution is -0.136. The zero-order valence-electron chi connectivity index (χ0n) is 13.1. The van der Waals surface area contributed by atoms with Crippen LogP contribution in [0.25, 0.3) is 0 Å². The van der Waals surface area contributed by atoms with Gasteiger partial charge in [0.25, 0.3) is 0 Å². The number of carbonyl (C=O) groups excluding carboxylic acids is 2. The van der Waals surface area contributed by atoms with Gasteiger partial charge >= 0.3 is 0 Å². The number of benzene rings is 2. The van der Waals surface area contributed by atoms with E-state index in [4.69, 9.17) is 4.74 Å². The first kappa shape index (κ1) is 14.8. The summed E-state index contributed by atoms with van der Waals surface area (Å²) in [6.45, 7) is 0.443. The molecule has 1 fully saturated rings. The number of carbonyl (C=O) groups is 2. The highest BCUT2D eigenvalue weighted by Gasteiger charge is 2.42. The number of hydrogen-bond donors (Lipinski definition) is 1. The van der Waals surface area contributed by atoms with E-state index in [2.05, 4.69) is 5.32 Å². The molecule has 2 atom stereocenters. The highest BCUT2D eigenvalue weighted by atomic mass is 16.5. The van der Waals surface area contributed by atoms with Crippen LogP contribution >= 0.6 is 0 Å². The van der Waals surface area contributed by atoms with E-state index in [1.165, 1.54) is 0 Å². The van der Waals surface area contributed by atoms with E-state index in [-0.39, 0.29) is 17.9 Å². The molecule has 122 valence electrons. The highest BCUT2D eigenvalue weighted by molar-refractivity contribution is 5.99. The number of ether oxygens (including phenoxy) is 1. The van der Waals surface area contributed by atoms with Gasteiger partial charge in [-0.25, -0.2) is 0 Å². The second-order valence-corrected chi connectivity index (χ2v) is 6.19. The Morgan fingerprint density at radius 1 is 1.12 bits per heavy atom. The zero-order valence-corrected chi connectivity index (χ0v) is 13.1. The molecule has 0 radical (unpaired) electrons. The number of anilines is 1. The molecule has 0 unspecified atom stereocenters. The SMILES string of the molecule is O=C1Nc2ccccc2O[C@H]2C[C@@H]1N(C(=O)Cc1ccccc1)C2. The van der Waals surface area contributed by atoms with Gasteiger partial charge in [0.2, 0.25) is 11.8 Å². The molecule has 2 bridgehead atoms. The molecule has 1 N–H and O–H groups in total. The summed E-state index contributed by atoms with van der Waals surface area (Å²) in [6, 6.07) is 16.5. The first-order valence-electron chi connectivity index (χ1n) is 8.10. The molecule has 2 aliphatic heterocycles. The Morgan fingerprint density at radius 3 is 2.71 bits per heavy atom. The van der Waals surface area contributed by atoms with Crippen LogP contribution in [-0.2, 0) is 16.0 Å². The van der Waals surface area contributed by atoms with E-state index < -0.39 is 6.04 Å². The molecule has 0 saturated carbocycles. The van der Waals surface area contributed by atoms with Crippen molar-refractivity contribution in [3.8, 4) is 5.75 Å². The van der Waals surface area contributed by atoms with Crippen LogP contribution in [0.4, 0.5) is 5.69 Å². The van der Waals surface area contributed by atoms with Crippen LogP contribution < -0.4 is 10.1 Å². The first-order chi connectivity index (χ1) is 11.7. The van der Waals surface area contributed by atoms with E-state index in [9.17, 15) is 9.59 Å². The Labute approximate surface area is 140 Å². The van der Waals surface area contributed by atoms with Gasteiger partial charge in [-0.2, -0.15) is 0 Å². The molecule has 2 amide bonds. The van der Waals surface area contributed by atoms with Gasteiger partial charge in [0.05, 0.1) is 18.7 Å². The predicted molar refractivity (Wildman–Crippen MR) is 89.8 cm³/mol. The smallest absolute Gasteiger partial charge is 0.247 e. The van der Waals surface area contributed by atoms with Gasteiger partial charge < -0.3 is 15.0 Å². The summed E-state index contributed by atoms with van der Waals surface area (Å²) in [7, 11) is 0. The maximum Gasteiger partial charge on any atom is 0.247 e. The molecule has 24 heavy (non-hydrogen) atoms. The molecule has 0 aliphatic carbocycles. The number of nitrogens with one attached hydrogen (secondary N) is 1. The number of fused-ring (bicyclic) bond motifs is 3. The van der Waals surface area contributed by atoms with Gasteiger partial charge in [-0.1, -0.05) is 42.5 Å². The van der Waals surface area contributed by atoms with Crippen molar-refractivity contribution in [3.05, 3.63) is 60.2 Å². The van der Waals surface area contributed by atoms with Crippen LogP contribution in [0.15, 0.2) is 54.6 Å². The topological polar surface area (TPSA) is 58.6 Å². The summed E-state index contributed by atoms with van der Waals surface area (Å²) in [4.78, 5) is 26.9. The van der Waals surface area contributed by atoms with E-state index in [0.29, 0.717) is 30.8 Å². The molecule has 1 saturated heterocycles. The van der Waals surface area contributed by atoms with Crippen molar-refractivity contribution in [2.24, 2.45) is 0 Å². The fourth-order valence-electron chi connectivity index (χ4n) is 3.35. The van der Waals surface area contributed by atoms with Crippen LogP contribution in [0, 0.1) is 0 Å². The van der Waals surface area contributed by atoms with Crippen LogP contribution in [-0.4, -0.2) is 35.4 Å². The summed E-state index contributed by atoms with van der Waals surface area (Å²) in [5.41, 5.74) is 1.61. The minimum atomic E-state index is -0.473. The van der Waals surface area contributed by atoms with Crippen LogP contribution in [0.1, 0.15) is 12.0 Å². The quantitative estimate of drug-likeness (QED) is 0.922. The largest absolute Gasteiger partial charge is 0.486 e. The summed E-state index contributed by atoms with van der Waals surface area (Å²) in [5.74, 6) is 0.472. The van der Waals surface area contributed by atoms with E-state index >= 15 is 0 Å². The fraction of sp³-hybridized carbons (Fsp3) is 0.263. The maximum absolute atomic E-state index is 12.7. The summed E-state index contributed by atoms with van der Waals surface area (Å²) >= 11 is 0. The average Bonchev–Trinajstić information content (AvgIpc) is 3.02. The van der Waals surface area contributed by atoms with Crippen molar-refractivity contribution in [2.75, 3.05) is 11.9 Å². The Hall–Kier alpha value is -2.82. The lowest BCUT2D eigenvalue weighted by atomic mass is 10.1. The number of likely N-dealkylation sites (tertiary alicyclic amines) is 1. The third kappa shape index (κ3) is 2.73. The first-order valence-corrected chi connectivity index (χ1v) is 8.10. The Bertz CT molecular complexity index is 775. The molecule has 2 aromatic carbocycles. The normalized spacial score (nSPS) is 22.0. The van der Waals surface area contributed by atoms with Crippen molar-refractivity contribution in [2.45, 2.75) is 25.0 Å². The standard InChI is InChI=1S/C19H18N2O3/c22-18(10-13-6-2-1-3-7-13)21-12-14-11-16(21)19(23)20-15-8-4-5-9-17(15)24-14/h1-9,14,16H,10-12H2,(H,20,23)/t14-,16-/m0/s1. The lowest BCUT2D eigenvalue weighted by Gasteiger charge is -2.23. The number of amides is 2. The summed E-state index contributed by atoms with van der Waals surface area (Å²) in [6.07, 6.45) is 0.673. The molecular weight excluding hydrogens is 304 g/mol. The van der Waals surface area contributed by atoms with Crippen molar-refractivity contribution in [1.29, 1.82) is 0 Å². The number of hydrogen-bond acceptors (Lipinski definition) is 3. The van der Waals surface area contributed by atoms with Crippen molar-refractivity contribution < 1.29 is 14.3 Å². The molecule has 0 aromatic heterocycles. The minimum absolute atomic E-state index is 0.0431. The highest BCUT2D eigenvalue weighted by Crippen LogP contribution is 2.32. The van der Waals surface area contributed by atoms with E-state index in [0.717, 1.165) is 5.56 Å². The van der Waals surface area contributed by atoms with Gasteiger partial charge in [-0.3, -0.25) is 9.59 Å². The van der Waals surface area contributed by atoms with Crippen molar-refractivity contribution in [3.63, 3.8) is 0 Å².